The second kappa shape index (κ2) is 11.0. The molecular weight excluding hydrogens is 375 g/mol. The molecule has 1 fully saturated rings. The number of phosphoric acid groups is 1. The molecule has 0 aromatic rings. The van der Waals surface area contributed by atoms with E-state index in [4.69, 9.17) is 37.8 Å². The van der Waals surface area contributed by atoms with E-state index < -0.39 is 63.8 Å². The molecule has 0 amide bonds. The summed E-state index contributed by atoms with van der Waals surface area (Å²) < 4.78 is 49.4. The largest absolute Gasteiger partial charge is 0.472 e. The molecule has 0 spiro atoms. The van der Waals surface area contributed by atoms with Gasteiger partial charge < -0.3 is 38.8 Å². The second-order valence-corrected chi connectivity index (χ2v) is 7.08. The third-order valence-electron chi connectivity index (χ3n) is 4.20. The van der Waals surface area contributed by atoms with Crippen molar-refractivity contribution in [3.63, 3.8) is 0 Å². The predicted molar refractivity (Wildman–Crippen MR) is 87.7 cm³/mol. The molecule has 0 bridgehead atoms. The van der Waals surface area contributed by atoms with Crippen molar-refractivity contribution in [2.24, 2.45) is 0 Å². The van der Waals surface area contributed by atoms with Crippen LogP contribution in [0.5, 0.6) is 0 Å². The zero-order valence-electron chi connectivity index (χ0n) is 15.5. The van der Waals surface area contributed by atoms with Crippen LogP contribution in [0.3, 0.4) is 0 Å². The number of aliphatic hydroxyl groups is 2. The maximum absolute atomic E-state index is 12.3. The van der Waals surface area contributed by atoms with Gasteiger partial charge in [-0.15, -0.1) is 0 Å². The fourth-order valence-electron chi connectivity index (χ4n) is 3.00. The Morgan fingerprint density at radius 2 is 1.15 bits per heavy atom. The van der Waals surface area contributed by atoms with Gasteiger partial charge in [0.15, 0.2) is 0 Å². The highest BCUT2D eigenvalue weighted by atomic mass is 31.2. The molecule has 0 radical (unpaired) electrons. The van der Waals surface area contributed by atoms with Crippen molar-refractivity contribution in [1.82, 2.24) is 0 Å². The van der Waals surface area contributed by atoms with E-state index in [0.29, 0.717) is 0 Å². The van der Waals surface area contributed by atoms with Gasteiger partial charge in [0.1, 0.15) is 42.7 Å². The summed E-state index contributed by atoms with van der Waals surface area (Å²) in [5, 5.41) is 18.1. The Morgan fingerprint density at radius 3 is 1.46 bits per heavy atom. The molecule has 0 aromatic carbocycles. The molecule has 0 heterocycles. The van der Waals surface area contributed by atoms with Crippen LogP contribution < -0.4 is 0 Å². The highest BCUT2D eigenvalue weighted by Gasteiger charge is 2.55. The summed E-state index contributed by atoms with van der Waals surface area (Å²) >= 11 is 0. The summed E-state index contributed by atoms with van der Waals surface area (Å²) in [6.45, 7) is -1.22. The number of methoxy groups -OCH3 is 5. The van der Waals surface area contributed by atoms with Gasteiger partial charge in [0.2, 0.25) is 0 Å². The Morgan fingerprint density at radius 1 is 0.808 bits per heavy atom. The predicted octanol–water partition coefficient (Wildman–Crippen LogP) is -1.07. The summed E-state index contributed by atoms with van der Waals surface area (Å²) in [5.41, 5.74) is 0. The average Bonchev–Trinajstić information content (AvgIpc) is 2.64. The molecule has 0 saturated heterocycles. The molecule has 26 heavy (non-hydrogen) atoms. The first kappa shape index (κ1) is 23.9. The van der Waals surface area contributed by atoms with Crippen molar-refractivity contribution in [3.05, 3.63) is 0 Å². The molecule has 5 unspecified atom stereocenters. The number of rotatable bonds is 11. The van der Waals surface area contributed by atoms with Crippen LogP contribution >= 0.6 is 7.82 Å². The van der Waals surface area contributed by atoms with Crippen LogP contribution in [0.1, 0.15) is 0 Å². The van der Waals surface area contributed by atoms with E-state index in [1.54, 1.807) is 0 Å². The topological polar surface area (TPSA) is 142 Å². The molecule has 1 aliphatic rings. The van der Waals surface area contributed by atoms with Crippen LogP contribution in [0, 0.1) is 0 Å². The van der Waals surface area contributed by atoms with Gasteiger partial charge in [-0.25, -0.2) is 4.57 Å². The molecule has 3 N–H and O–H groups in total. The minimum atomic E-state index is -4.61. The SMILES string of the molecule is COC1C(OP(=O)(O)OCC(O)CO)[C@H](OC)[C@H](OC)C(OC)[C@@H]1OC. The van der Waals surface area contributed by atoms with Crippen molar-refractivity contribution in [2.45, 2.75) is 42.7 Å². The molecular formula is C14H29O11P. The fraction of sp³-hybridized carbons (Fsp3) is 1.00. The van der Waals surface area contributed by atoms with Gasteiger partial charge in [0.25, 0.3) is 0 Å². The summed E-state index contributed by atoms with van der Waals surface area (Å²) in [6.07, 6.45) is -6.06. The van der Waals surface area contributed by atoms with E-state index in [2.05, 4.69) is 0 Å². The van der Waals surface area contributed by atoms with Crippen LogP contribution in [-0.4, -0.2) is 107 Å². The Hall–Kier alpha value is -0.170. The van der Waals surface area contributed by atoms with Crippen LogP contribution in [0.25, 0.3) is 0 Å². The molecule has 12 heteroatoms. The van der Waals surface area contributed by atoms with Gasteiger partial charge in [0, 0.05) is 35.5 Å². The maximum Gasteiger partial charge on any atom is 0.472 e. The normalized spacial score (nSPS) is 35.8. The van der Waals surface area contributed by atoms with Gasteiger partial charge in [0.05, 0.1) is 13.2 Å². The van der Waals surface area contributed by atoms with Crippen LogP contribution in [-0.2, 0) is 37.3 Å². The van der Waals surface area contributed by atoms with Crippen LogP contribution in [0.4, 0.5) is 0 Å². The summed E-state index contributed by atoms with van der Waals surface area (Å²) in [6, 6.07) is 0. The third kappa shape index (κ3) is 5.66. The Bertz CT molecular complexity index is 431. The fourth-order valence-corrected chi connectivity index (χ4v) is 3.97. The van der Waals surface area contributed by atoms with E-state index in [0.717, 1.165) is 0 Å². The van der Waals surface area contributed by atoms with E-state index >= 15 is 0 Å². The zero-order valence-corrected chi connectivity index (χ0v) is 16.4. The molecule has 8 atom stereocenters. The summed E-state index contributed by atoms with van der Waals surface area (Å²) in [5.74, 6) is 0. The highest BCUT2D eigenvalue weighted by molar-refractivity contribution is 7.47. The molecule has 1 rings (SSSR count). The molecule has 156 valence electrons. The number of phosphoric ester groups is 1. The summed E-state index contributed by atoms with van der Waals surface area (Å²) in [4.78, 5) is 9.97. The quantitative estimate of drug-likeness (QED) is 0.362. The van der Waals surface area contributed by atoms with Gasteiger partial charge in [-0.3, -0.25) is 9.05 Å². The first-order valence-electron chi connectivity index (χ1n) is 7.88. The van der Waals surface area contributed by atoms with E-state index in [1.807, 2.05) is 0 Å². The lowest BCUT2D eigenvalue weighted by molar-refractivity contribution is -0.249. The summed E-state index contributed by atoms with van der Waals surface area (Å²) in [7, 11) is 2.51. The van der Waals surface area contributed by atoms with Crippen molar-refractivity contribution < 1.29 is 52.4 Å². The van der Waals surface area contributed by atoms with Crippen molar-refractivity contribution in [3.8, 4) is 0 Å². The molecule has 1 aliphatic carbocycles. The van der Waals surface area contributed by atoms with E-state index in [1.165, 1.54) is 35.5 Å². The average molecular weight is 404 g/mol. The number of aliphatic hydroxyl groups excluding tert-OH is 2. The molecule has 0 aliphatic heterocycles. The van der Waals surface area contributed by atoms with Crippen molar-refractivity contribution >= 4 is 7.82 Å². The monoisotopic (exact) mass is 404 g/mol. The first-order valence-corrected chi connectivity index (χ1v) is 9.38. The Balaban J connectivity index is 3.08. The van der Waals surface area contributed by atoms with Gasteiger partial charge in [-0.05, 0) is 0 Å². The molecule has 0 aromatic heterocycles. The minimum Gasteiger partial charge on any atom is -0.394 e. The first-order chi connectivity index (χ1) is 12.3. The highest BCUT2D eigenvalue weighted by Crippen LogP contribution is 2.48. The van der Waals surface area contributed by atoms with Gasteiger partial charge >= 0.3 is 7.82 Å². The molecule has 1 saturated carbocycles. The van der Waals surface area contributed by atoms with E-state index in [-0.39, 0.29) is 0 Å². The van der Waals surface area contributed by atoms with Crippen LogP contribution in [0.2, 0.25) is 0 Å². The standard InChI is InChI=1S/C14H29O11P/c1-19-9-10(20-2)12(22-4)14(13(23-5)11(9)21-3)25-26(17,18)24-7-8(16)6-15/h8-16H,6-7H2,1-5H3,(H,17,18)/t8?,9?,10-,11+,12-,13?,14?/m1/s1. The lowest BCUT2D eigenvalue weighted by Crippen LogP contribution is -2.66. The van der Waals surface area contributed by atoms with Crippen molar-refractivity contribution in [1.29, 1.82) is 0 Å². The third-order valence-corrected chi connectivity index (χ3v) is 5.18. The lowest BCUT2D eigenvalue weighted by atomic mass is 9.84. The van der Waals surface area contributed by atoms with Crippen LogP contribution in [0.15, 0.2) is 0 Å². The Labute approximate surface area is 152 Å². The van der Waals surface area contributed by atoms with Gasteiger partial charge in [-0.1, -0.05) is 0 Å². The maximum atomic E-state index is 12.3. The smallest absolute Gasteiger partial charge is 0.394 e. The number of hydrogen-bond donors (Lipinski definition) is 3. The molecule has 11 nitrogen and oxygen atoms in total. The second-order valence-electron chi connectivity index (χ2n) is 5.67. The minimum absolute atomic E-state index is 0.588. The van der Waals surface area contributed by atoms with E-state index in [9.17, 15) is 14.6 Å². The zero-order chi connectivity index (χ0) is 19.9. The Kier molecular flexibility index (Phi) is 10.1. The lowest BCUT2D eigenvalue weighted by Gasteiger charge is -2.48. The van der Waals surface area contributed by atoms with Crippen molar-refractivity contribution in [2.75, 3.05) is 48.8 Å². The van der Waals surface area contributed by atoms with Gasteiger partial charge in [-0.2, -0.15) is 0 Å². The number of ether oxygens (including phenoxy) is 5. The number of hydrogen-bond acceptors (Lipinski definition) is 10.